The molecule has 0 N–H and O–H groups in total. The zero-order valence-corrected chi connectivity index (χ0v) is 18.8. The van der Waals surface area contributed by atoms with Crippen molar-refractivity contribution in [3.05, 3.63) is 102 Å². The molecule has 0 amide bonds. The highest BCUT2D eigenvalue weighted by Crippen LogP contribution is 2.38. The number of nitriles is 1. The van der Waals surface area contributed by atoms with E-state index in [-0.39, 0.29) is 18.0 Å². The number of ether oxygens (including phenoxy) is 2. The number of nitrogens with zero attached hydrogens (tertiary/aromatic N) is 3. The summed E-state index contributed by atoms with van der Waals surface area (Å²) in [5, 5.41) is 31.2. The van der Waals surface area contributed by atoms with Gasteiger partial charge < -0.3 is 9.47 Å². The zero-order valence-electron chi connectivity index (χ0n) is 17.2. The van der Waals surface area contributed by atoms with Crippen molar-refractivity contribution in [2.24, 2.45) is 0 Å². The number of halogens is 1. The molecule has 33 heavy (non-hydrogen) atoms. The topological polar surface area (TPSA) is 129 Å². The lowest BCUT2D eigenvalue weighted by Crippen LogP contribution is -1.99. The van der Waals surface area contributed by atoms with Gasteiger partial charge in [-0.1, -0.05) is 0 Å². The van der Waals surface area contributed by atoms with Crippen LogP contribution < -0.4 is 9.47 Å². The Hall–Kier alpha value is -4.23. The van der Waals surface area contributed by atoms with Crippen LogP contribution in [-0.4, -0.2) is 17.0 Å². The van der Waals surface area contributed by atoms with Gasteiger partial charge in [-0.2, -0.15) is 5.26 Å². The molecule has 10 heteroatoms. The lowest BCUT2D eigenvalue weighted by atomic mass is 10.0. The van der Waals surface area contributed by atoms with Gasteiger partial charge in [-0.05, 0) is 75.1 Å². The molecule has 0 heterocycles. The number of non-ortho nitro benzene ring substituents is 2. The van der Waals surface area contributed by atoms with Crippen LogP contribution in [0.15, 0.2) is 65.1 Å². The largest absolute Gasteiger partial charge is 0.493 e. The molecule has 0 atom stereocenters. The number of nitro benzene ring substituents is 2. The number of nitro groups is 2. The van der Waals surface area contributed by atoms with Crippen molar-refractivity contribution < 1.29 is 19.3 Å². The highest BCUT2D eigenvalue weighted by atomic mass is 79.9. The molecule has 0 saturated carbocycles. The van der Waals surface area contributed by atoms with E-state index in [1.807, 2.05) is 0 Å². The van der Waals surface area contributed by atoms with Crippen molar-refractivity contribution in [1.29, 1.82) is 5.26 Å². The Balaban J connectivity index is 1.84. The van der Waals surface area contributed by atoms with Crippen LogP contribution in [0.3, 0.4) is 0 Å². The summed E-state index contributed by atoms with van der Waals surface area (Å²) < 4.78 is 11.9. The van der Waals surface area contributed by atoms with Crippen LogP contribution in [-0.2, 0) is 6.61 Å². The molecule has 3 aromatic rings. The van der Waals surface area contributed by atoms with Crippen LogP contribution in [0.4, 0.5) is 11.4 Å². The van der Waals surface area contributed by atoms with Gasteiger partial charge in [-0.3, -0.25) is 20.2 Å². The van der Waals surface area contributed by atoms with Gasteiger partial charge in [0, 0.05) is 24.3 Å². The van der Waals surface area contributed by atoms with Crippen LogP contribution in [0.5, 0.6) is 11.5 Å². The molecular weight excluding hydrogens is 494 g/mol. The second-order valence-electron chi connectivity index (χ2n) is 6.72. The Morgan fingerprint density at radius 2 is 1.61 bits per heavy atom. The highest BCUT2D eigenvalue weighted by Gasteiger charge is 2.13. The zero-order chi connectivity index (χ0) is 24.0. The first-order valence-corrected chi connectivity index (χ1v) is 10.2. The van der Waals surface area contributed by atoms with E-state index in [9.17, 15) is 25.5 Å². The van der Waals surface area contributed by atoms with E-state index in [2.05, 4.69) is 22.0 Å². The third kappa shape index (κ3) is 5.72. The minimum Gasteiger partial charge on any atom is -0.493 e. The summed E-state index contributed by atoms with van der Waals surface area (Å²) in [5.41, 5.74) is 2.18. The molecule has 0 aliphatic heterocycles. The SMILES string of the molecule is COc1cc(C=C(C#N)c2ccc([N+](=O)[O-])cc2)cc(Br)c1OCc1ccc([N+](=O)[O-])cc1. The van der Waals surface area contributed by atoms with Crippen molar-refractivity contribution in [3.8, 4) is 17.6 Å². The fourth-order valence-electron chi connectivity index (χ4n) is 2.94. The van der Waals surface area contributed by atoms with E-state index >= 15 is 0 Å². The maximum atomic E-state index is 10.8. The number of rotatable bonds is 8. The van der Waals surface area contributed by atoms with Gasteiger partial charge in [0.05, 0.1) is 33.1 Å². The quantitative estimate of drug-likeness (QED) is 0.159. The van der Waals surface area contributed by atoms with Gasteiger partial charge in [-0.15, -0.1) is 0 Å². The molecule has 166 valence electrons. The summed E-state index contributed by atoms with van der Waals surface area (Å²) in [6.45, 7) is 0.161. The molecule has 0 spiro atoms. The van der Waals surface area contributed by atoms with Crippen LogP contribution >= 0.6 is 15.9 Å². The summed E-state index contributed by atoms with van der Waals surface area (Å²) in [4.78, 5) is 20.6. The second-order valence-corrected chi connectivity index (χ2v) is 7.57. The highest BCUT2D eigenvalue weighted by molar-refractivity contribution is 9.10. The number of allylic oxidation sites excluding steroid dienone is 1. The predicted molar refractivity (Wildman–Crippen MR) is 125 cm³/mol. The molecular formula is C23H16BrN3O6. The first-order valence-electron chi connectivity index (χ1n) is 9.42. The number of benzene rings is 3. The first kappa shape index (κ1) is 23.4. The predicted octanol–water partition coefficient (Wildman–Crippen LogP) is 5.92. The Bertz CT molecular complexity index is 1270. The Kier molecular flexibility index (Phi) is 7.38. The molecule has 0 aromatic heterocycles. The minimum atomic E-state index is -0.503. The van der Waals surface area contributed by atoms with Gasteiger partial charge in [0.25, 0.3) is 11.4 Å². The first-order chi connectivity index (χ1) is 15.8. The second kappa shape index (κ2) is 10.4. The van der Waals surface area contributed by atoms with Crippen molar-refractivity contribution in [1.82, 2.24) is 0 Å². The van der Waals surface area contributed by atoms with E-state index in [1.165, 1.54) is 43.5 Å². The van der Waals surface area contributed by atoms with Gasteiger partial charge in [-0.25, -0.2) is 0 Å². The maximum absolute atomic E-state index is 10.8. The van der Waals surface area contributed by atoms with Crippen molar-refractivity contribution in [2.75, 3.05) is 7.11 Å². The van der Waals surface area contributed by atoms with Crippen LogP contribution in [0, 0.1) is 31.6 Å². The molecule has 0 unspecified atom stereocenters. The van der Waals surface area contributed by atoms with Crippen LogP contribution in [0.25, 0.3) is 11.6 Å². The molecule has 0 saturated heterocycles. The minimum absolute atomic E-state index is 0.00466. The van der Waals surface area contributed by atoms with E-state index in [0.29, 0.717) is 32.7 Å². The summed E-state index contributed by atoms with van der Waals surface area (Å²) in [6, 6.07) is 17.3. The smallest absolute Gasteiger partial charge is 0.269 e. The summed E-state index contributed by atoms with van der Waals surface area (Å²) in [5.74, 6) is 0.848. The Labute approximate surface area is 196 Å². The molecule has 3 aromatic carbocycles. The standard InChI is InChI=1S/C23H16BrN3O6/c1-32-22-12-16(10-18(13-25)17-4-8-20(9-5-17)27(30)31)11-21(24)23(22)33-14-15-2-6-19(7-3-15)26(28)29/h2-12H,14H2,1H3. The number of hydrogen-bond donors (Lipinski definition) is 0. The van der Waals surface area contributed by atoms with E-state index in [4.69, 9.17) is 9.47 Å². The van der Waals surface area contributed by atoms with Gasteiger partial charge in [0.15, 0.2) is 11.5 Å². The summed E-state index contributed by atoms with van der Waals surface area (Å²) in [6.07, 6.45) is 1.63. The lowest BCUT2D eigenvalue weighted by molar-refractivity contribution is -0.385. The van der Waals surface area contributed by atoms with E-state index < -0.39 is 9.85 Å². The van der Waals surface area contributed by atoms with Crippen molar-refractivity contribution in [2.45, 2.75) is 6.61 Å². The van der Waals surface area contributed by atoms with E-state index in [1.54, 1.807) is 30.3 Å². The fraction of sp³-hybridized carbons (Fsp3) is 0.0870. The summed E-state index contributed by atoms with van der Waals surface area (Å²) in [7, 11) is 1.48. The molecule has 0 bridgehead atoms. The van der Waals surface area contributed by atoms with Crippen LogP contribution in [0.1, 0.15) is 16.7 Å². The maximum Gasteiger partial charge on any atom is 0.269 e. The van der Waals surface area contributed by atoms with Gasteiger partial charge in [0.2, 0.25) is 0 Å². The fourth-order valence-corrected chi connectivity index (χ4v) is 3.52. The molecule has 0 aliphatic carbocycles. The molecule has 9 nitrogen and oxygen atoms in total. The third-order valence-electron chi connectivity index (χ3n) is 4.60. The Morgan fingerprint density at radius 3 is 2.12 bits per heavy atom. The van der Waals surface area contributed by atoms with Crippen LogP contribution in [0.2, 0.25) is 0 Å². The third-order valence-corrected chi connectivity index (χ3v) is 5.19. The molecule has 0 fully saturated rings. The summed E-state index contributed by atoms with van der Waals surface area (Å²) >= 11 is 3.46. The van der Waals surface area contributed by atoms with Crippen molar-refractivity contribution >= 4 is 39.0 Å². The monoisotopic (exact) mass is 509 g/mol. The molecule has 3 rings (SSSR count). The van der Waals surface area contributed by atoms with Crippen molar-refractivity contribution in [3.63, 3.8) is 0 Å². The normalized spacial score (nSPS) is 10.9. The molecule has 0 radical (unpaired) electrons. The average Bonchev–Trinajstić information content (AvgIpc) is 2.81. The number of hydrogen-bond acceptors (Lipinski definition) is 7. The van der Waals surface area contributed by atoms with E-state index in [0.717, 1.165) is 5.56 Å². The Morgan fingerprint density at radius 1 is 1.03 bits per heavy atom. The average molecular weight is 510 g/mol. The number of methoxy groups -OCH3 is 1. The van der Waals surface area contributed by atoms with Gasteiger partial charge >= 0.3 is 0 Å². The molecule has 0 aliphatic rings. The van der Waals surface area contributed by atoms with Gasteiger partial charge in [0.1, 0.15) is 6.61 Å². The lowest BCUT2D eigenvalue weighted by Gasteiger charge is -2.14.